The minimum atomic E-state index is -0.670. The zero-order chi connectivity index (χ0) is 56.4. The predicted octanol–water partition coefficient (Wildman–Crippen LogP) is 22.9. The Morgan fingerprint density at radius 1 is 0.346 bits per heavy atom. The van der Waals surface area contributed by atoms with E-state index in [1.165, 1.54) is 321 Å². The third kappa shape index (κ3) is 63.5. The summed E-state index contributed by atoms with van der Waals surface area (Å²) in [7, 11) is 0. The van der Waals surface area contributed by atoms with Gasteiger partial charge in [0, 0.05) is 12.8 Å². The number of ether oxygens (including phenoxy) is 1. The standard InChI is InChI=1S/C72H139NO5/c1-3-5-7-9-11-13-15-17-19-20-21-22-23-25-28-31-34-37-40-44-48-52-56-60-64-70(75)69(68-74)73-71(76)65-61-57-53-49-45-41-38-35-32-29-26-24-27-30-33-36-39-43-47-51-55-59-63-67-78-72(77)66-62-58-54-50-46-42-18-16-14-12-10-8-6-4-2/h16,18,29,32,69-70,74-75H,3-15,17,19-28,30-31,33-68H2,1-2H3,(H,73,76)/b18-16-,32-29-. The van der Waals surface area contributed by atoms with Gasteiger partial charge in [0.25, 0.3) is 0 Å². The van der Waals surface area contributed by atoms with Crippen molar-refractivity contribution in [2.75, 3.05) is 13.2 Å². The largest absolute Gasteiger partial charge is 0.466 e. The molecule has 0 aromatic heterocycles. The van der Waals surface area contributed by atoms with Crippen LogP contribution in [0.1, 0.15) is 399 Å². The zero-order valence-electron chi connectivity index (χ0n) is 52.9. The van der Waals surface area contributed by atoms with E-state index in [1.54, 1.807) is 0 Å². The molecule has 78 heavy (non-hydrogen) atoms. The number of amides is 1. The van der Waals surface area contributed by atoms with E-state index < -0.39 is 12.1 Å². The molecule has 0 saturated heterocycles. The van der Waals surface area contributed by atoms with Gasteiger partial charge in [0.1, 0.15) is 0 Å². The fraction of sp³-hybridized carbons (Fsp3) is 0.917. The molecule has 6 heteroatoms. The molecule has 2 unspecified atom stereocenters. The van der Waals surface area contributed by atoms with Crippen LogP contribution in [0.15, 0.2) is 24.3 Å². The number of allylic oxidation sites excluding steroid dienone is 4. The van der Waals surface area contributed by atoms with Gasteiger partial charge in [-0.2, -0.15) is 0 Å². The molecule has 0 aliphatic heterocycles. The van der Waals surface area contributed by atoms with Crippen LogP contribution in [0.4, 0.5) is 0 Å². The van der Waals surface area contributed by atoms with Crippen LogP contribution in [-0.2, 0) is 14.3 Å². The van der Waals surface area contributed by atoms with Gasteiger partial charge >= 0.3 is 5.97 Å². The van der Waals surface area contributed by atoms with Crippen LogP contribution in [-0.4, -0.2) is 47.4 Å². The molecule has 0 aromatic carbocycles. The molecule has 2 atom stereocenters. The molecular weight excluding hydrogens is 959 g/mol. The van der Waals surface area contributed by atoms with E-state index >= 15 is 0 Å². The first kappa shape index (κ1) is 76.3. The van der Waals surface area contributed by atoms with Gasteiger partial charge in [-0.1, -0.05) is 334 Å². The highest BCUT2D eigenvalue weighted by Crippen LogP contribution is 2.19. The highest BCUT2D eigenvalue weighted by Gasteiger charge is 2.20. The SMILES string of the molecule is CCCCCCC/C=C\CCCCCCCC(=O)OCCCCCCCCCCCCCC/C=C\CCCCCCCCCC(=O)NC(CO)C(O)CCCCCCCCCCCCCCCCCCCCCCCCCC. The van der Waals surface area contributed by atoms with E-state index in [1.807, 2.05) is 0 Å². The maximum absolute atomic E-state index is 12.6. The van der Waals surface area contributed by atoms with Crippen molar-refractivity contribution < 1.29 is 24.5 Å². The second-order valence-corrected chi connectivity index (χ2v) is 24.6. The first-order valence-electron chi connectivity index (χ1n) is 35.6. The Bertz CT molecular complexity index is 1220. The van der Waals surface area contributed by atoms with E-state index in [0.717, 1.165) is 44.9 Å². The maximum Gasteiger partial charge on any atom is 0.305 e. The number of esters is 1. The van der Waals surface area contributed by atoms with Crippen molar-refractivity contribution in [1.82, 2.24) is 5.32 Å². The van der Waals surface area contributed by atoms with Crippen molar-refractivity contribution in [3.05, 3.63) is 24.3 Å². The number of rotatable bonds is 67. The summed E-state index contributed by atoms with van der Waals surface area (Å²) in [5.41, 5.74) is 0. The molecule has 3 N–H and O–H groups in total. The minimum absolute atomic E-state index is 0.00389. The normalized spacial score (nSPS) is 12.6. The summed E-state index contributed by atoms with van der Waals surface area (Å²) in [6, 6.07) is -0.547. The summed E-state index contributed by atoms with van der Waals surface area (Å²) in [5, 5.41) is 23.4. The third-order valence-corrected chi connectivity index (χ3v) is 16.7. The quantitative estimate of drug-likeness (QED) is 0.0320. The van der Waals surface area contributed by atoms with Crippen LogP contribution in [0.2, 0.25) is 0 Å². The van der Waals surface area contributed by atoms with E-state index in [-0.39, 0.29) is 18.5 Å². The summed E-state index contributed by atoms with van der Waals surface area (Å²) in [6.45, 7) is 4.97. The van der Waals surface area contributed by atoms with Crippen molar-refractivity contribution in [2.24, 2.45) is 0 Å². The summed E-state index contributed by atoms with van der Waals surface area (Å²) in [4.78, 5) is 24.6. The topological polar surface area (TPSA) is 95.9 Å². The first-order valence-corrected chi connectivity index (χ1v) is 35.6. The number of unbranched alkanes of at least 4 members (excludes halogenated alkanes) is 52. The van der Waals surface area contributed by atoms with E-state index in [0.29, 0.717) is 25.9 Å². The molecule has 0 saturated carbocycles. The van der Waals surface area contributed by atoms with Gasteiger partial charge in [-0.25, -0.2) is 0 Å². The molecule has 0 aromatic rings. The van der Waals surface area contributed by atoms with Gasteiger partial charge < -0.3 is 20.3 Å². The van der Waals surface area contributed by atoms with Crippen molar-refractivity contribution in [1.29, 1.82) is 0 Å². The van der Waals surface area contributed by atoms with Crippen LogP contribution in [0, 0.1) is 0 Å². The van der Waals surface area contributed by atoms with Crippen LogP contribution in [0.25, 0.3) is 0 Å². The number of hydrogen-bond acceptors (Lipinski definition) is 5. The molecule has 462 valence electrons. The highest BCUT2D eigenvalue weighted by atomic mass is 16.5. The number of aliphatic hydroxyl groups is 2. The van der Waals surface area contributed by atoms with Gasteiger partial charge in [0.15, 0.2) is 0 Å². The van der Waals surface area contributed by atoms with Gasteiger partial charge in [-0.05, 0) is 77.0 Å². The lowest BCUT2D eigenvalue weighted by Crippen LogP contribution is -2.45. The number of carbonyl (C=O) groups is 2. The predicted molar refractivity (Wildman–Crippen MR) is 343 cm³/mol. The number of hydrogen-bond donors (Lipinski definition) is 3. The van der Waals surface area contributed by atoms with Crippen molar-refractivity contribution in [2.45, 2.75) is 411 Å². The molecule has 1 amide bonds. The van der Waals surface area contributed by atoms with E-state index in [2.05, 4.69) is 43.5 Å². The monoisotopic (exact) mass is 1100 g/mol. The van der Waals surface area contributed by atoms with Crippen molar-refractivity contribution in [3.8, 4) is 0 Å². The van der Waals surface area contributed by atoms with Crippen molar-refractivity contribution >= 4 is 11.9 Å². The molecule has 0 radical (unpaired) electrons. The van der Waals surface area contributed by atoms with Crippen molar-refractivity contribution in [3.63, 3.8) is 0 Å². The number of aliphatic hydroxyl groups excluding tert-OH is 2. The second kappa shape index (κ2) is 67.8. The number of nitrogens with one attached hydrogen (secondary N) is 1. The molecule has 0 heterocycles. The van der Waals surface area contributed by atoms with Gasteiger partial charge in [0.2, 0.25) is 5.91 Å². The first-order chi connectivity index (χ1) is 38.5. The van der Waals surface area contributed by atoms with Crippen LogP contribution in [0.3, 0.4) is 0 Å². The Morgan fingerprint density at radius 3 is 0.910 bits per heavy atom. The van der Waals surface area contributed by atoms with Gasteiger partial charge in [0.05, 0.1) is 25.4 Å². The highest BCUT2D eigenvalue weighted by molar-refractivity contribution is 5.76. The third-order valence-electron chi connectivity index (χ3n) is 16.7. The Hall–Kier alpha value is -1.66. The van der Waals surface area contributed by atoms with Crippen LogP contribution >= 0.6 is 0 Å². The smallest absolute Gasteiger partial charge is 0.305 e. The lowest BCUT2D eigenvalue weighted by molar-refractivity contribution is -0.143. The fourth-order valence-corrected chi connectivity index (χ4v) is 11.3. The molecule has 0 spiro atoms. The molecule has 0 fully saturated rings. The average molecular weight is 1100 g/mol. The zero-order valence-corrected chi connectivity index (χ0v) is 52.9. The Morgan fingerprint density at radius 2 is 0.603 bits per heavy atom. The van der Waals surface area contributed by atoms with E-state index in [9.17, 15) is 19.8 Å². The van der Waals surface area contributed by atoms with E-state index in [4.69, 9.17) is 4.74 Å². The summed E-state index contributed by atoms with van der Waals surface area (Å²) >= 11 is 0. The summed E-state index contributed by atoms with van der Waals surface area (Å²) < 4.78 is 5.48. The van der Waals surface area contributed by atoms with Crippen LogP contribution in [0.5, 0.6) is 0 Å². The summed E-state index contributed by atoms with van der Waals surface area (Å²) in [5.74, 6) is -0.0328. The number of carbonyl (C=O) groups excluding carboxylic acids is 2. The minimum Gasteiger partial charge on any atom is -0.466 e. The average Bonchev–Trinajstić information content (AvgIpc) is 3.44. The van der Waals surface area contributed by atoms with Gasteiger partial charge in [-0.15, -0.1) is 0 Å². The fourth-order valence-electron chi connectivity index (χ4n) is 11.3. The Kier molecular flexibility index (Phi) is 66.4. The lowest BCUT2D eigenvalue weighted by atomic mass is 10.0. The molecule has 0 aliphatic rings. The Labute approximate surface area is 488 Å². The molecule has 6 nitrogen and oxygen atoms in total. The maximum atomic E-state index is 12.6. The van der Waals surface area contributed by atoms with Crippen LogP contribution < -0.4 is 5.32 Å². The summed E-state index contributed by atoms with van der Waals surface area (Å²) in [6.07, 6.45) is 85.1. The molecule has 0 rings (SSSR count). The second-order valence-electron chi connectivity index (χ2n) is 24.6. The molecule has 0 aliphatic carbocycles. The lowest BCUT2D eigenvalue weighted by Gasteiger charge is -2.22. The molecular formula is C72H139NO5. The molecule has 0 bridgehead atoms. The Balaban J connectivity index is 3.41. The van der Waals surface area contributed by atoms with Gasteiger partial charge in [-0.3, -0.25) is 9.59 Å².